The summed E-state index contributed by atoms with van der Waals surface area (Å²) in [5.74, 6) is 0. The summed E-state index contributed by atoms with van der Waals surface area (Å²) in [5.41, 5.74) is -0.162. The SMILES string of the molecule is O=c1ccnc(Sc2ccc(Br)cn2)[nH]1. The predicted molar refractivity (Wildman–Crippen MR) is 60.9 cm³/mol. The molecule has 0 fully saturated rings. The number of hydrogen-bond donors (Lipinski definition) is 1. The van der Waals surface area contributed by atoms with E-state index in [0.717, 1.165) is 9.50 Å². The average molecular weight is 284 g/mol. The molecule has 0 bridgehead atoms. The summed E-state index contributed by atoms with van der Waals surface area (Å²) < 4.78 is 0.918. The second kappa shape index (κ2) is 4.59. The molecule has 2 aromatic rings. The van der Waals surface area contributed by atoms with Crippen LogP contribution >= 0.6 is 27.7 Å². The van der Waals surface area contributed by atoms with Crippen molar-refractivity contribution in [1.29, 1.82) is 0 Å². The van der Waals surface area contributed by atoms with Gasteiger partial charge in [0.2, 0.25) is 0 Å². The highest BCUT2D eigenvalue weighted by Crippen LogP contribution is 2.22. The summed E-state index contributed by atoms with van der Waals surface area (Å²) in [6.07, 6.45) is 3.17. The smallest absolute Gasteiger partial charge is 0.251 e. The first kappa shape index (κ1) is 10.4. The summed E-state index contributed by atoms with van der Waals surface area (Å²) >= 11 is 4.61. The molecular formula is C9H6BrN3OS. The molecule has 6 heteroatoms. The molecule has 15 heavy (non-hydrogen) atoms. The highest BCUT2D eigenvalue weighted by Gasteiger charge is 2.00. The third-order valence-corrected chi connectivity index (χ3v) is 2.87. The maximum atomic E-state index is 11.0. The van der Waals surface area contributed by atoms with Crippen LogP contribution in [0.1, 0.15) is 0 Å². The van der Waals surface area contributed by atoms with Crippen molar-refractivity contribution in [3.63, 3.8) is 0 Å². The van der Waals surface area contributed by atoms with Gasteiger partial charge in [0.15, 0.2) is 5.16 Å². The second-order valence-electron chi connectivity index (χ2n) is 2.66. The van der Waals surface area contributed by atoms with Crippen LogP contribution in [0.15, 0.2) is 50.0 Å². The van der Waals surface area contributed by atoms with E-state index in [1.54, 1.807) is 6.20 Å². The Morgan fingerprint density at radius 2 is 2.13 bits per heavy atom. The van der Waals surface area contributed by atoms with Crippen molar-refractivity contribution in [2.24, 2.45) is 0 Å². The second-order valence-corrected chi connectivity index (χ2v) is 4.58. The molecule has 0 radical (unpaired) electrons. The number of nitrogens with one attached hydrogen (secondary N) is 1. The van der Waals surface area contributed by atoms with Gasteiger partial charge in [-0.25, -0.2) is 9.97 Å². The zero-order valence-electron chi connectivity index (χ0n) is 7.48. The Morgan fingerprint density at radius 1 is 1.27 bits per heavy atom. The van der Waals surface area contributed by atoms with Gasteiger partial charge >= 0.3 is 0 Å². The molecule has 0 aliphatic carbocycles. The van der Waals surface area contributed by atoms with Crippen LogP contribution < -0.4 is 5.56 Å². The first-order valence-electron chi connectivity index (χ1n) is 4.09. The van der Waals surface area contributed by atoms with E-state index in [9.17, 15) is 4.79 Å². The van der Waals surface area contributed by atoms with Crippen LogP contribution in [-0.2, 0) is 0 Å². The van der Waals surface area contributed by atoms with Gasteiger partial charge < -0.3 is 4.98 Å². The molecule has 4 nitrogen and oxygen atoms in total. The lowest BCUT2D eigenvalue weighted by Crippen LogP contribution is -2.05. The van der Waals surface area contributed by atoms with Crippen LogP contribution in [-0.4, -0.2) is 15.0 Å². The third-order valence-electron chi connectivity index (χ3n) is 1.55. The molecule has 0 saturated carbocycles. The van der Waals surface area contributed by atoms with Gasteiger partial charge in [-0.05, 0) is 39.8 Å². The standard InChI is InChI=1S/C9H6BrN3OS/c10-6-1-2-8(12-5-6)15-9-11-4-3-7(14)13-9/h1-5H,(H,11,13,14). The van der Waals surface area contributed by atoms with E-state index in [1.165, 1.54) is 24.0 Å². The number of rotatable bonds is 2. The molecule has 2 aromatic heterocycles. The van der Waals surface area contributed by atoms with Crippen molar-refractivity contribution in [2.45, 2.75) is 10.2 Å². The van der Waals surface area contributed by atoms with E-state index in [0.29, 0.717) is 5.16 Å². The van der Waals surface area contributed by atoms with Crippen LogP contribution in [0.5, 0.6) is 0 Å². The monoisotopic (exact) mass is 283 g/mol. The van der Waals surface area contributed by atoms with Crippen molar-refractivity contribution < 1.29 is 0 Å². The van der Waals surface area contributed by atoms with E-state index in [2.05, 4.69) is 30.9 Å². The molecule has 0 atom stereocenters. The molecule has 0 aliphatic heterocycles. The Bertz CT molecular complexity index is 511. The first-order valence-corrected chi connectivity index (χ1v) is 5.70. The minimum absolute atomic E-state index is 0.162. The van der Waals surface area contributed by atoms with E-state index < -0.39 is 0 Å². The molecule has 2 heterocycles. The Hall–Kier alpha value is -1.14. The fourth-order valence-electron chi connectivity index (χ4n) is 0.926. The topological polar surface area (TPSA) is 58.6 Å². The molecule has 0 spiro atoms. The lowest BCUT2D eigenvalue weighted by atomic mass is 10.5. The third kappa shape index (κ3) is 2.90. The minimum atomic E-state index is -0.162. The zero-order chi connectivity index (χ0) is 10.7. The number of aromatic amines is 1. The molecule has 2 rings (SSSR count). The normalized spacial score (nSPS) is 10.2. The highest BCUT2D eigenvalue weighted by atomic mass is 79.9. The Balaban J connectivity index is 2.22. The van der Waals surface area contributed by atoms with Gasteiger partial charge in [0.1, 0.15) is 5.03 Å². The molecule has 0 amide bonds. The molecule has 0 saturated heterocycles. The van der Waals surface area contributed by atoms with Crippen molar-refractivity contribution in [1.82, 2.24) is 15.0 Å². The van der Waals surface area contributed by atoms with E-state index in [1.807, 2.05) is 12.1 Å². The Morgan fingerprint density at radius 3 is 2.80 bits per heavy atom. The van der Waals surface area contributed by atoms with Crippen molar-refractivity contribution in [2.75, 3.05) is 0 Å². The summed E-state index contributed by atoms with van der Waals surface area (Å²) in [6.45, 7) is 0. The van der Waals surface area contributed by atoms with E-state index >= 15 is 0 Å². The quantitative estimate of drug-likeness (QED) is 0.858. The van der Waals surface area contributed by atoms with Gasteiger partial charge in [0.25, 0.3) is 5.56 Å². The fourth-order valence-corrected chi connectivity index (χ4v) is 1.86. The number of nitrogens with zero attached hydrogens (tertiary/aromatic N) is 2. The molecule has 0 aliphatic rings. The predicted octanol–water partition coefficient (Wildman–Crippen LogP) is 2.08. The minimum Gasteiger partial charge on any atom is -0.301 e. The lowest BCUT2D eigenvalue weighted by molar-refractivity contribution is 0.931. The summed E-state index contributed by atoms with van der Waals surface area (Å²) in [6, 6.07) is 5.11. The van der Waals surface area contributed by atoms with E-state index in [4.69, 9.17) is 0 Å². The highest BCUT2D eigenvalue weighted by molar-refractivity contribution is 9.10. The molecule has 0 unspecified atom stereocenters. The first-order chi connectivity index (χ1) is 7.24. The molecular weight excluding hydrogens is 278 g/mol. The maximum Gasteiger partial charge on any atom is 0.251 e. The fraction of sp³-hybridized carbons (Fsp3) is 0. The Kier molecular flexibility index (Phi) is 3.17. The summed E-state index contributed by atoms with van der Waals surface area (Å²) in [5, 5.41) is 1.32. The van der Waals surface area contributed by atoms with Crippen LogP contribution in [0.4, 0.5) is 0 Å². The number of H-pyrrole nitrogens is 1. The van der Waals surface area contributed by atoms with Crippen LogP contribution in [0.25, 0.3) is 0 Å². The summed E-state index contributed by atoms with van der Waals surface area (Å²) in [4.78, 5) is 21.8. The van der Waals surface area contributed by atoms with Crippen molar-refractivity contribution in [3.05, 3.63) is 45.4 Å². The van der Waals surface area contributed by atoms with Gasteiger partial charge in [-0.3, -0.25) is 4.79 Å². The average Bonchev–Trinajstić information content (AvgIpc) is 2.22. The van der Waals surface area contributed by atoms with Crippen LogP contribution in [0.2, 0.25) is 0 Å². The Labute approximate surface area is 98.3 Å². The lowest BCUT2D eigenvalue weighted by Gasteiger charge is -1.98. The number of halogens is 1. The zero-order valence-corrected chi connectivity index (χ0v) is 9.88. The van der Waals surface area contributed by atoms with Crippen LogP contribution in [0.3, 0.4) is 0 Å². The van der Waals surface area contributed by atoms with Crippen molar-refractivity contribution in [3.8, 4) is 0 Å². The van der Waals surface area contributed by atoms with Gasteiger partial charge in [-0.15, -0.1) is 0 Å². The maximum absolute atomic E-state index is 11.0. The largest absolute Gasteiger partial charge is 0.301 e. The number of hydrogen-bond acceptors (Lipinski definition) is 4. The van der Waals surface area contributed by atoms with Gasteiger partial charge in [-0.2, -0.15) is 0 Å². The van der Waals surface area contributed by atoms with Gasteiger partial charge in [0.05, 0.1) is 0 Å². The molecule has 1 N–H and O–H groups in total. The van der Waals surface area contributed by atoms with Gasteiger partial charge in [0, 0.05) is 22.9 Å². The molecule has 0 aromatic carbocycles. The van der Waals surface area contributed by atoms with Crippen LogP contribution in [0, 0.1) is 0 Å². The number of pyridine rings is 1. The molecule has 76 valence electrons. The van der Waals surface area contributed by atoms with Gasteiger partial charge in [-0.1, -0.05) is 0 Å². The number of aromatic nitrogens is 3. The summed E-state index contributed by atoms with van der Waals surface area (Å²) in [7, 11) is 0. The van der Waals surface area contributed by atoms with E-state index in [-0.39, 0.29) is 5.56 Å². The van der Waals surface area contributed by atoms with Crippen molar-refractivity contribution >= 4 is 27.7 Å².